The lowest BCUT2D eigenvalue weighted by Gasteiger charge is -2.14. The SMILES string of the molecule is COc1ccc(Cc2nnc(S[C@@H](C)C(=O)Nc3c(C)cccc3C)o2)cc1. The molecule has 0 fully saturated rings. The second-order valence-electron chi connectivity index (χ2n) is 6.50. The van der Waals surface area contributed by atoms with Crippen molar-refractivity contribution in [2.75, 3.05) is 12.4 Å². The molecule has 1 heterocycles. The van der Waals surface area contributed by atoms with Crippen LogP contribution in [0.15, 0.2) is 52.1 Å². The molecule has 7 heteroatoms. The standard InChI is InChI=1S/C21H23N3O3S/c1-13-6-5-7-14(2)19(13)22-20(25)15(3)28-21-24-23-18(27-21)12-16-8-10-17(26-4)11-9-16/h5-11,15H,12H2,1-4H3,(H,22,25)/t15-/m0/s1. The van der Waals surface area contributed by atoms with Gasteiger partial charge in [0.2, 0.25) is 11.8 Å². The monoisotopic (exact) mass is 397 g/mol. The molecule has 3 aromatic rings. The predicted octanol–water partition coefficient (Wildman–Crippen LogP) is 4.41. The summed E-state index contributed by atoms with van der Waals surface area (Å²) < 4.78 is 10.8. The summed E-state index contributed by atoms with van der Waals surface area (Å²) in [5.41, 5.74) is 3.96. The Morgan fingerprint density at radius 2 is 1.82 bits per heavy atom. The lowest BCUT2D eigenvalue weighted by atomic mass is 10.1. The van der Waals surface area contributed by atoms with Gasteiger partial charge in [0.05, 0.1) is 18.8 Å². The first-order valence-corrected chi connectivity index (χ1v) is 9.83. The van der Waals surface area contributed by atoms with E-state index in [0.717, 1.165) is 28.1 Å². The van der Waals surface area contributed by atoms with E-state index in [1.165, 1.54) is 11.8 Å². The highest BCUT2D eigenvalue weighted by Gasteiger charge is 2.19. The minimum atomic E-state index is -0.367. The molecule has 0 unspecified atom stereocenters. The Bertz CT molecular complexity index is 934. The fraction of sp³-hybridized carbons (Fsp3) is 0.286. The van der Waals surface area contributed by atoms with Crippen LogP contribution in [0.2, 0.25) is 0 Å². The molecule has 0 saturated carbocycles. The van der Waals surface area contributed by atoms with Gasteiger partial charge < -0.3 is 14.5 Å². The van der Waals surface area contributed by atoms with Crippen LogP contribution in [0.3, 0.4) is 0 Å². The third kappa shape index (κ3) is 4.92. The molecule has 2 aromatic carbocycles. The number of benzene rings is 2. The van der Waals surface area contributed by atoms with Crippen molar-refractivity contribution >= 4 is 23.4 Å². The molecule has 1 amide bonds. The van der Waals surface area contributed by atoms with E-state index >= 15 is 0 Å². The molecule has 6 nitrogen and oxygen atoms in total. The predicted molar refractivity (Wildman–Crippen MR) is 110 cm³/mol. The van der Waals surface area contributed by atoms with Gasteiger partial charge in [0.1, 0.15) is 5.75 Å². The van der Waals surface area contributed by atoms with Gasteiger partial charge in [0.25, 0.3) is 5.22 Å². The van der Waals surface area contributed by atoms with E-state index in [1.54, 1.807) is 7.11 Å². The molecule has 0 spiro atoms. The molecule has 3 rings (SSSR count). The maximum Gasteiger partial charge on any atom is 0.277 e. The number of nitrogens with zero attached hydrogens (tertiary/aromatic N) is 2. The number of anilines is 1. The minimum Gasteiger partial charge on any atom is -0.497 e. The van der Waals surface area contributed by atoms with E-state index in [1.807, 2.05) is 63.2 Å². The van der Waals surface area contributed by atoms with Crippen molar-refractivity contribution < 1.29 is 13.9 Å². The van der Waals surface area contributed by atoms with Gasteiger partial charge in [0, 0.05) is 5.69 Å². The zero-order valence-corrected chi connectivity index (χ0v) is 17.2. The van der Waals surface area contributed by atoms with Gasteiger partial charge >= 0.3 is 0 Å². The Kier molecular flexibility index (Phi) is 6.36. The highest BCUT2D eigenvalue weighted by atomic mass is 32.2. The number of carbonyl (C=O) groups excluding carboxylic acids is 1. The van der Waals surface area contributed by atoms with Crippen LogP contribution in [0.4, 0.5) is 5.69 Å². The van der Waals surface area contributed by atoms with Crippen LogP contribution in [-0.2, 0) is 11.2 Å². The van der Waals surface area contributed by atoms with E-state index in [0.29, 0.717) is 17.5 Å². The van der Waals surface area contributed by atoms with Gasteiger partial charge in [-0.25, -0.2) is 0 Å². The molecule has 28 heavy (non-hydrogen) atoms. The average molecular weight is 398 g/mol. The van der Waals surface area contributed by atoms with Gasteiger partial charge in [-0.2, -0.15) is 0 Å². The highest BCUT2D eigenvalue weighted by Crippen LogP contribution is 2.26. The zero-order chi connectivity index (χ0) is 20.1. The van der Waals surface area contributed by atoms with E-state index in [9.17, 15) is 4.79 Å². The largest absolute Gasteiger partial charge is 0.497 e. The Labute approximate surface area is 168 Å². The van der Waals surface area contributed by atoms with Crippen molar-refractivity contribution in [2.24, 2.45) is 0 Å². The Balaban J connectivity index is 1.59. The summed E-state index contributed by atoms with van der Waals surface area (Å²) in [6.45, 7) is 5.77. The second-order valence-corrected chi connectivity index (χ2v) is 7.79. The molecule has 0 radical (unpaired) electrons. The third-order valence-corrected chi connectivity index (χ3v) is 5.27. The first kappa shape index (κ1) is 19.9. The molecule has 0 aliphatic carbocycles. The number of para-hydroxylation sites is 1. The number of hydrogen-bond donors (Lipinski definition) is 1. The van der Waals surface area contributed by atoms with E-state index in [4.69, 9.17) is 9.15 Å². The lowest BCUT2D eigenvalue weighted by Crippen LogP contribution is -2.23. The van der Waals surface area contributed by atoms with Gasteiger partial charge in [-0.05, 0) is 49.6 Å². The molecule has 1 atom stereocenters. The number of thioether (sulfide) groups is 1. The topological polar surface area (TPSA) is 77.2 Å². The zero-order valence-electron chi connectivity index (χ0n) is 16.4. The second kappa shape index (κ2) is 8.93. The number of carbonyl (C=O) groups is 1. The summed E-state index contributed by atoms with van der Waals surface area (Å²) in [6.07, 6.45) is 0.528. The molecule has 1 N–H and O–H groups in total. The fourth-order valence-corrected chi connectivity index (χ4v) is 3.42. The van der Waals surface area contributed by atoms with Crippen molar-refractivity contribution in [3.05, 3.63) is 65.0 Å². The normalized spacial score (nSPS) is 11.9. The van der Waals surface area contributed by atoms with Crippen molar-refractivity contribution in [1.29, 1.82) is 0 Å². The smallest absolute Gasteiger partial charge is 0.277 e. The lowest BCUT2D eigenvalue weighted by molar-refractivity contribution is -0.115. The fourth-order valence-electron chi connectivity index (χ4n) is 2.72. The molecular weight excluding hydrogens is 374 g/mol. The van der Waals surface area contributed by atoms with E-state index < -0.39 is 0 Å². The van der Waals surface area contributed by atoms with Gasteiger partial charge in [-0.3, -0.25) is 4.79 Å². The van der Waals surface area contributed by atoms with Crippen LogP contribution in [0.1, 0.15) is 29.5 Å². The summed E-state index contributed by atoms with van der Waals surface area (Å²) >= 11 is 1.25. The summed E-state index contributed by atoms with van der Waals surface area (Å²) in [5.74, 6) is 1.21. The van der Waals surface area contributed by atoms with Crippen LogP contribution in [-0.4, -0.2) is 28.5 Å². The molecular formula is C21H23N3O3S. The molecule has 0 aliphatic heterocycles. The van der Waals surface area contributed by atoms with Crippen molar-refractivity contribution in [3.8, 4) is 5.75 Å². The Morgan fingerprint density at radius 3 is 2.46 bits per heavy atom. The first-order valence-electron chi connectivity index (χ1n) is 8.95. The number of methoxy groups -OCH3 is 1. The third-order valence-electron chi connectivity index (χ3n) is 4.34. The first-order chi connectivity index (χ1) is 13.5. The number of aromatic nitrogens is 2. The summed E-state index contributed by atoms with van der Waals surface area (Å²) in [4.78, 5) is 12.5. The van der Waals surface area contributed by atoms with Crippen LogP contribution >= 0.6 is 11.8 Å². The summed E-state index contributed by atoms with van der Waals surface area (Å²) in [6, 6.07) is 13.6. The Hall–Kier alpha value is -2.80. The number of amides is 1. The van der Waals surface area contributed by atoms with Gasteiger partial charge in [-0.1, -0.05) is 42.1 Å². The average Bonchev–Trinajstić information content (AvgIpc) is 3.12. The van der Waals surface area contributed by atoms with Crippen molar-refractivity contribution in [2.45, 2.75) is 37.7 Å². The molecule has 146 valence electrons. The molecule has 1 aromatic heterocycles. The maximum absolute atomic E-state index is 12.5. The van der Waals surface area contributed by atoms with E-state index in [2.05, 4.69) is 15.5 Å². The minimum absolute atomic E-state index is 0.0997. The van der Waals surface area contributed by atoms with Crippen LogP contribution in [0, 0.1) is 13.8 Å². The quantitative estimate of drug-likeness (QED) is 0.595. The molecule has 0 saturated heterocycles. The van der Waals surface area contributed by atoms with Crippen LogP contribution in [0.25, 0.3) is 0 Å². The number of nitrogens with one attached hydrogen (secondary N) is 1. The van der Waals surface area contributed by atoms with Crippen molar-refractivity contribution in [3.63, 3.8) is 0 Å². The van der Waals surface area contributed by atoms with E-state index in [-0.39, 0.29) is 11.2 Å². The van der Waals surface area contributed by atoms with Crippen LogP contribution < -0.4 is 10.1 Å². The van der Waals surface area contributed by atoms with Gasteiger partial charge in [0.15, 0.2) is 0 Å². The summed E-state index contributed by atoms with van der Waals surface area (Å²) in [7, 11) is 1.63. The summed E-state index contributed by atoms with van der Waals surface area (Å²) in [5, 5.41) is 11.1. The number of aryl methyl sites for hydroxylation is 2. The van der Waals surface area contributed by atoms with Gasteiger partial charge in [-0.15, -0.1) is 10.2 Å². The number of rotatable bonds is 7. The molecule has 0 aliphatic rings. The molecule has 0 bridgehead atoms. The number of ether oxygens (including phenoxy) is 1. The van der Waals surface area contributed by atoms with Crippen LogP contribution in [0.5, 0.6) is 5.75 Å². The maximum atomic E-state index is 12.5. The highest BCUT2D eigenvalue weighted by molar-refractivity contribution is 8.00. The Morgan fingerprint density at radius 1 is 1.14 bits per heavy atom. The number of hydrogen-bond acceptors (Lipinski definition) is 6. The van der Waals surface area contributed by atoms with Crippen molar-refractivity contribution in [1.82, 2.24) is 10.2 Å².